The lowest BCUT2D eigenvalue weighted by atomic mass is 9.81. The molecular weight excluding hydrogens is 385 g/mol. The Morgan fingerprint density at radius 1 is 0.926 bits per heavy atom. The van der Waals surface area contributed by atoms with Crippen molar-refractivity contribution in [3.63, 3.8) is 0 Å². The highest BCUT2D eigenvalue weighted by molar-refractivity contribution is 6.31. The molecule has 2 rings (SSSR count). The highest BCUT2D eigenvalue weighted by atomic mass is 35.5. The van der Waals surface area contributed by atoms with Gasteiger partial charge in [-0.15, -0.1) is 0 Å². The average Bonchev–Trinajstić information content (AvgIpc) is 2.61. The van der Waals surface area contributed by atoms with Crippen LogP contribution in [0.2, 0.25) is 10.0 Å². The molecule has 0 aromatic heterocycles. The van der Waals surface area contributed by atoms with E-state index >= 15 is 0 Å². The van der Waals surface area contributed by atoms with Crippen LogP contribution in [0.25, 0.3) is 0 Å². The number of ether oxygens (including phenoxy) is 1. The Morgan fingerprint density at radius 3 is 1.89 bits per heavy atom. The van der Waals surface area contributed by atoms with Crippen LogP contribution in [0.3, 0.4) is 0 Å². The first-order chi connectivity index (χ1) is 12.7. The normalized spacial score (nSPS) is 12.3. The summed E-state index contributed by atoms with van der Waals surface area (Å²) in [6.07, 6.45) is 0. The minimum Gasteiger partial charge on any atom is -0.462 e. The molecule has 1 unspecified atom stereocenters. The van der Waals surface area contributed by atoms with E-state index in [1.165, 1.54) is 0 Å². The van der Waals surface area contributed by atoms with E-state index in [1.54, 1.807) is 48.5 Å². The Labute approximate surface area is 169 Å². The van der Waals surface area contributed by atoms with Crippen molar-refractivity contribution < 1.29 is 14.3 Å². The van der Waals surface area contributed by atoms with Gasteiger partial charge in [0.05, 0.1) is 12.2 Å². The van der Waals surface area contributed by atoms with Crippen molar-refractivity contribution in [2.75, 3.05) is 13.2 Å². The maximum absolute atomic E-state index is 12.3. The van der Waals surface area contributed by atoms with E-state index in [-0.39, 0.29) is 23.8 Å². The molecule has 0 aliphatic heterocycles. The fourth-order valence-electron chi connectivity index (χ4n) is 2.38. The van der Waals surface area contributed by atoms with Crippen LogP contribution in [-0.4, -0.2) is 25.0 Å². The summed E-state index contributed by atoms with van der Waals surface area (Å²) in [5.41, 5.74) is 0.815. The second-order valence-electron chi connectivity index (χ2n) is 7.39. The van der Waals surface area contributed by atoms with Crippen LogP contribution in [0.4, 0.5) is 0 Å². The van der Waals surface area contributed by atoms with Crippen molar-refractivity contribution in [2.45, 2.75) is 20.8 Å². The molecular formula is C21H23Cl2NO3. The van der Waals surface area contributed by atoms with Crippen LogP contribution in [0.1, 0.15) is 41.5 Å². The van der Waals surface area contributed by atoms with E-state index in [0.29, 0.717) is 27.7 Å². The molecule has 1 N–H and O–H groups in total. The minimum atomic E-state index is -0.412. The van der Waals surface area contributed by atoms with Crippen LogP contribution in [0, 0.1) is 11.3 Å². The molecule has 1 amide bonds. The summed E-state index contributed by atoms with van der Waals surface area (Å²) in [4.78, 5) is 24.5. The van der Waals surface area contributed by atoms with Gasteiger partial charge in [0.2, 0.25) is 0 Å². The molecule has 6 heteroatoms. The SMILES string of the molecule is CC(C)(C)C(CNC(=O)c1ccc(Cl)cc1)COC(=O)c1ccc(Cl)cc1. The summed E-state index contributed by atoms with van der Waals surface area (Å²) >= 11 is 11.7. The van der Waals surface area contributed by atoms with E-state index in [0.717, 1.165) is 0 Å². The second kappa shape index (κ2) is 9.25. The maximum Gasteiger partial charge on any atom is 0.338 e. The molecule has 0 spiro atoms. The van der Waals surface area contributed by atoms with Crippen molar-refractivity contribution in [1.29, 1.82) is 0 Å². The molecule has 4 nitrogen and oxygen atoms in total. The van der Waals surface area contributed by atoms with Crippen LogP contribution >= 0.6 is 23.2 Å². The van der Waals surface area contributed by atoms with E-state index in [1.807, 2.05) is 20.8 Å². The fourth-order valence-corrected chi connectivity index (χ4v) is 2.63. The van der Waals surface area contributed by atoms with Gasteiger partial charge < -0.3 is 10.1 Å². The van der Waals surface area contributed by atoms with Crippen molar-refractivity contribution in [1.82, 2.24) is 5.32 Å². The lowest BCUT2D eigenvalue weighted by Gasteiger charge is -2.30. The molecule has 0 aliphatic carbocycles. The molecule has 0 bridgehead atoms. The van der Waals surface area contributed by atoms with Gasteiger partial charge in [0.15, 0.2) is 0 Å². The Hall–Kier alpha value is -2.04. The minimum absolute atomic E-state index is 0.0509. The van der Waals surface area contributed by atoms with E-state index in [9.17, 15) is 9.59 Å². The lowest BCUT2D eigenvalue weighted by Crippen LogP contribution is -2.38. The van der Waals surface area contributed by atoms with E-state index in [2.05, 4.69) is 5.32 Å². The van der Waals surface area contributed by atoms with Gasteiger partial charge >= 0.3 is 5.97 Å². The molecule has 1 atom stereocenters. The zero-order valence-corrected chi connectivity index (χ0v) is 17.1. The topological polar surface area (TPSA) is 55.4 Å². The van der Waals surface area contributed by atoms with Gasteiger partial charge in [0.1, 0.15) is 0 Å². The maximum atomic E-state index is 12.3. The summed E-state index contributed by atoms with van der Waals surface area (Å²) in [6.45, 7) is 6.72. The van der Waals surface area contributed by atoms with Crippen molar-refractivity contribution in [2.24, 2.45) is 11.3 Å². The van der Waals surface area contributed by atoms with Gasteiger partial charge in [-0.1, -0.05) is 44.0 Å². The van der Waals surface area contributed by atoms with Crippen molar-refractivity contribution in [3.05, 3.63) is 69.7 Å². The first kappa shape index (κ1) is 21.3. The number of halogens is 2. The summed E-state index contributed by atoms with van der Waals surface area (Å²) in [5, 5.41) is 4.04. The molecule has 2 aromatic rings. The molecule has 0 saturated carbocycles. The lowest BCUT2D eigenvalue weighted by molar-refractivity contribution is 0.0331. The largest absolute Gasteiger partial charge is 0.462 e. The van der Waals surface area contributed by atoms with Gasteiger partial charge in [-0.05, 0) is 53.9 Å². The third-order valence-electron chi connectivity index (χ3n) is 4.34. The highest BCUT2D eigenvalue weighted by Gasteiger charge is 2.27. The number of carbonyl (C=O) groups excluding carboxylic acids is 2. The molecule has 27 heavy (non-hydrogen) atoms. The number of hydrogen-bond acceptors (Lipinski definition) is 3. The zero-order chi connectivity index (χ0) is 20.0. The monoisotopic (exact) mass is 407 g/mol. The van der Waals surface area contributed by atoms with Gasteiger partial charge in [0, 0.05) is 28.1 Å². The highest BCUT2D eigenvalue weighted by Crippen LogP contribution is 2.26. The molecule has 0 radical (unpaired) electrons. The Kier molecular flexibility index (Phi) is 7.28. The van der Waals surface area contributed by atoms with Gasteiger partial charge in [-0.2, -0.15) is 0 Å². The number of esters is 1. The molecule has 0 aliphatic rings. The first-order valence-corrected chi connectivity index (χ1v) is 9.39. The summed E-state index contributed by atoms with van der Waals surface area (Å²) in [7, 11) is 0. The quantitative estimate of drug-likeness (QED) is 0.665. The second-order valence-corrected chi connectivity index (χ2v) is 8.26. The number of benzene rings is 2. The predicted octanol–water partition coefficient (Wildman–Crippen LogP) is 5.24. The Morgan fingerprint density at radius 2 is 1.41 bits per heavy atom. The first-order valence-electron chi connectivity index (χ1n) is 8.63. The third-order valence-corrected chi connectivity index (χ3v) is 4.84. The Balaban J connectivity index is 1.95. The number of rotatable bonds is 6. The molecule has 144 valence electrons. The van der Waals surface area contributed by atoms with Crippen LogP contribution in [0.5, 0.6) is 0 Å². The van der Waals surface area contributed by atoms with Gasteiger partial charge in [-0.25, -0.2) is 4.79 Å². The van der Waals surface area contributed by atoms with Gasteiger partial charge in [-0.3, -0.25) is 4.79 Å². The van der Waals surface area contributed by atoms with Gasteiger partial charge in [0.25, 0.3) is 5.91 Å². The number of hydrogen-bond donors (Lipinski definition) is 1. The molecule has 0 fully saturated rings. The van der Waals surface area contributed by atoms with Crippen molar-refractivity contribution >= 4 is 35.1 Å². The summed E-state index contributed by atoms with van der Waals surface area (Å²) in [5.74, 6) is -0.653. The zero-order valence-electron chi connectivity index (χ0n) is 15.6. The predicted molar refractivity (Wildman–Crippen MR) is 108 cm³/mol. The van der Waals surface area contributed by atoms with Crippen LogP contribution < -0.4 is 5.32 Å². The third kappa shape index (κ3) is 6.56. The van der Waals surface area contributed by atoms with E-state index < -0.39 is 5.97 Å². The van der Waals surface area contributed by atoms with Crippen LogP contribution in [-0.2, 0) is 4.74 Å². The summed E-state index contributed by atoms with van der Waals surface area (Å²) < 4.78 is 5.46. The Bertz CT molecular complexity index is 719. The van der Waals surface area contributed by atoms with Crippen LogP contribution in [0.15, 0.2) is 48.5 Å². The average molecular weight is 408 g/mol. The van der Waals surface area contributed by atoms with Crippen molar-refractivity contribution in [3.8, 4) is 0 Å². The smallest absolute Gasteiger partial charge is 0.338 e. The molecule has 0 heterocycles. The number of nitrogens with one attached hydrogen (secondary N) is 1. The number of amides is 1. The molecule has 2 aromatic carbocycles. The fraction of sp³-hybridized carbons (Fsp3) is 0.333. The van der Waals surface area contributed by atoms with E-state index in [4.69, 9.17) is 27.9 Å². The standard InChI is InChI=1S/C21H23Cl2NO3/c1-21(2,3)16(12-24-19(25)14-4-8-17(22)9-5-14)13-27-20(26)15-6-10-18(23)11-7-15/h4-11,16H,12-13H2,1-3H3,(H,24,25). The number of carbonyl (C=O) groups is 2. The summed E-state index contributed by atoms with van der Waals surface area (Å²) in [6, 6.07) is 13.2. The molecule has 0 saturated heterocycles.